The number of imidazole rings is 1. The molecule has 0 aromatic carbocycles. The number of amidine groups is 1. The highest BCUT2D eigenvalue weighted by molar-refractivity contribution is 5.98. The summed E-state index contributed by atoms with van der Waals surface area (Å²) < 4.78 is 51.3. The van der Waals surface area contributed by atoms with Gasteiger partial charge >= 0.3 is 6.18 Å². The van der Waals surface area contributed by atoms with Crippen LogP contribution in [0.5, 0.6) is 0 Å². The zero-order chi connectivity index (χ0) is 19.2. The zero-order valence-electron chi connectivity index (χ0n) is 13.6. The number of hydrogen-bond donors (Lipinski definition) is 3. The molecule has 0 spiro atoms. The van der Waals surface area contributed by atoms with Gasteiger partial charge in [0, 0.05) is 18.8 Å². The van der Waals surface area contributed by atoms with Crippen molar-refractivity contribution in [1.29, 1.82) is 0 Å². The van der Waals surface area contributed by atoms with Gasteiger partial charge in [-0.3, -0.25) is 9.98 Å². The molecule has 0 saturated carbocycles. The molecule has 0 fully saturated rings. The van der Waals surface area contributed by atoms with Crippen LogP contribution in [0.15, 0.2) is 46.5 Å². The number of pyridine rings is 1. The molecule has 26 heavy (non-hydrogen) atoms. The average molecular weight is 369 g/mol. The van der Waals surface area contributed by atoms with Crippen molar-refractivity contribution in [1.82, 2.24) is 25.8 Å². The van der Waals surface area contributed by atoms with Crippen LogP contribution in [0.1, 0.15) is 11.5 Å². The van der Waals surface area contributed by atoms with Crippen LogP contribution >= 0.6 is 0 Å². The molecule has 2 aromatic heterocycles. The van der Waals surface area contributed by atoms with Gasteiger partial charge in [0.15, 0.2) is 11.7 Å². The first kappa shape index (κ1) is 19.2. The Bertz CT molecular complexity index is 806. The van der Waals surface area contributed by atoms with E-state index in [1.54, 1.807) is 7.05 Å². The SMILES string of the molecule is C=NC(=NCc1ncc(-c2ccc(C(F)(F)F)nc2)[nH]1)C(F)=CNNC. The van der Waals surface area contributed by atoms with Gasteiger partial charge in [-0.05, 0) is 18.9 Å². The van der Waals surface area contributed by atoms with Crippen LogP contribution in [0.3, 0.4) is 0 Å². The van der Waals surface area contributed by atoms with E-state index in [-0.39, 0.29) is 12.4 Å². The number of H-pyrrole nitrogens is 1. The minimum Gasteiger partial charge on any atom is -0.340 e. The number of aromatic amines is 1. The molecule has 7 nitrogen and oxygen atoms in total. The number of hydrazine groups is 1. The van der Waals surface area contributed by atoms with Crippen LogP contribution in [0.4, 0.5) is 17.6 Å². The lowest BCUT2D eigenvalue weighted by molar-refractivity contribution is -0.141. The third-order valence-corrected chi connectivity index (χ3v) is 3.08. The van der Waals surface area contributed by atoms with E-state index < -0.39 is 17.7 Å². The summed E-state index contributed by atoms with van der Waals surface area (Å²) in [7, 11) is 1.56. The third-order valence-electron chi connectivity index (χ3n) is 3.08. The van der Waals surface area contributed by atoms with Crippen LogP contribution in [-0.2, 0) is 12.7 Å². The molecule has 11 heteroatoms. The number of alkyl halides is 3. The Kier molecular flexibility index (Phi) is 6.17. The first-order valence-electron chi connectivity index (χ1n) is 7.22. The molecule has 138 valence electrons. The molecule has 0 unspecified atom stereocenters. The summed E-state index contributed by atoms with van der Waals surface area (Å²) in [4.78, 5) is 17.7. The van der Waals surface area contributed by atoms with E-state index in [2.05, 4.69) is 42.5 Å². The molecule has 3 N–H and O–H groups in total. The van der Waals surface area contributed by atoms with Crippen LogP contribution in [0.2, 0.25) is 0 Å². The molecular weight excluding hydrogens is 354 g/mol. The Morgan fingerprint density at radius 3 is 2.65 bits per heavy atom. The fourth-order valence-electron chi connectivity index (χ4n) is 1.86. The fourth-order valence-corrected chi connectivity index (χ4v) is 1.86. The lowest BCUT2D eigenvalue weighted by atomic mass is 10.2. The largest absolute Gasteiger partial charge is 0.433 e. The summed E-state index contributed by atoms with van der Waals surface area (Å²) in [5.74, 6) is -0.578. The number of aliphatic imine (C=N–C) groups is 2. The quantitative estimate of drug-likeness (QED) is 0.316. The molecule has 0 saturated heterocycles. The van der Waals surface area contributed by atoms with Gasteiger partial charge in [-0.1, -0.05) is 0 Å². The van der Waals surface area contributed by atoms with Crippen molar-refractivity contribution in [2.45, 2.75) is 12.7 Å². The molecule has 0 radical (unpaired) electrons. The predicted octanol–water partition coefficient (Wildman–Crippen LogP) is 2.62. The summed E-state index contributed by atoms with van der Waals surface area (Å²) in [6.07, 6.45) is -0.966. The predicted molar refractivity (Wildman–Crippen MR) is 88.9 cm³/mol. The van der Waals surface area contributed by atoms with E-state index in [0.29, 0.717) is 17.1 Å². The minimum absolute atomic E-state index is 0.0246. The smallest absolute Gasteiger partial charge is 0.340 e. The van der Waals surface area contributed by atoms with Gasteiger partial charge in [-0.25, -0.2) is 19.8 Å². The molecule has 0 amide bonds. The maximum Gasteiger partial charge on any atom is 0.433 e. The van der Waals surface area contributed by atoms with Gasteiger partial charge in [-0.15, -0.1) is 0 Å². The van der Waals surface area contributed by atoms with Crippen molar-refractivity contribution >= 4 is 12.6 Å². The van der Waals surface area contributed by atoms with Crippen molar-refractivity contribution < 1.29 is 17.6 Å². The second kappa shape index (κ2) is 8.34. The lowest BCUT2D eigenvalue weighted by Gasteiger charge is -2.05. The first-order chi connectivity index (χ1) is 12.3. The molecule has 0 aliphatic rings. The van der Waals surface area contributed by atoms with Crippen molar-refractivity contribution in [3.8, 4) is 11.3 Å². The highest BCUT2D eigenvalue weighted by atomic mass is 19.4. The number of nitrogens with zero attached hydrogens (tertiary/aromatic N) is 4. The van der Waals surface area contributed by atoms with Gasteiger partial charge in [0.2, 0.25) is 0 Å². The Morgan fingerprint density at radius 1 is 1.31 bits per heavy atom. The summed E-state index contributed by atoms with van der Waals surface area (Å²) in [5.41, 5.74) is 4.84. The average Bonchev–Trinajstić information content (AvgIpc) is 3.08. The van der Waals surface area contributed by atoms with Crippen molar-refractivity contribution in [2.24, 2.45) is 9.98 Å². The maximum atomic E-state index is 13.7. The Balaban J connectivity index is 2.12. The van der Waals surface area contributed by atoms with E-state index in [1.165, 1.54) is 12.3 Å². The molecule has 0 aliphatic heterocycles. The second-order valence-electron chi connectivity index (χ2n) is 4.86. The van der Waals surface area contributed by atoms with E-state index >= 15 is 0 Å². The molecule has 2 aromatic rings. The summed E-state index contributed by atoms with van der Waals surface area (Å²) in [5, 5.41) is 0. The molecule has 0 bridgehead atoms. The minimum atomic E-state index is -4.50. The molecule has 2 rings (SSSR count). The summed E-state index contributed by atoms with van der Waals surface area (Å²) in [6.45, 7) is 3.22. The van der Waals surface area contributed by atoms with Gasteiger partial charge in [0.25, 0.3) is 0 Å². The zero-order valence-corrected chi connectivity index (χ0v) is 13.6. The maximum absolute atomic E-state index is 13.7. The van der Waals surface area contributed by atoms with Crippen molar-refractivity contribution in [3.05, 3.63) is 48.1 Å². The first-order valence-corrected chi connectivity index (χ1v) is 7.22. The van der Waals surface area contributed by atoms with E-state index in [9.17, 15) is 17.6 Å². The topological polar surface area (TPSA) is 90.3 Å². The van der Waals surface area contributed by atoms with Gasteiger partial charge < -0.3 is 10.4 Å². The molecular formula is C15H15F4N7. The van der Waals surface area contributed by atoms with Crippen molar-refractivity contribution in [2.75, 3.05) is 7.05 Å². The highest BCUT2D eigenvalue weighted by Crippen LogP contribution is 2.28. The Labute approximate surface area is 146 Å². The standard InChI is InChI=1S/C15H15F4N7/c1-20-14(10(16)6-25-21-2)24-8-13-23-7-11(26-13)9-3-4-12(22-5-9)15(17,18)19/h3-7,21,25H,1,8H2,2H3,(H,23,26). The van der Waals surface area contributed by atoms with Crippen LogP contribution in [0.25, 0.3) is 11.3 Å². The second-order valence-corrected chi connectivity index (χ2v) is 4.86. The summed E-state index contributed by atoms with van der Waals surface area (Å²) in [6, 6.07) is 2.15. The summed E-state index contributed by atoms with van der Waals surface area (Å²) >= 11 is 0. The number of hydrogen-bond acceptors (Lipinski definition) is 5. The number of rotatable bonds is 6. The Morgan fingerprint density at radius 2 is 2.08 bits per heavy atom. The van der Waals surface area contributed by atoms with Crippen LogP contribution in [-0.4, -0.2) is 34.6 Å². The highest BCUT2D eigenvalue weighted by Gasteiger charge is 2.32. The van der Waals surface area contributed by atoms with E-state index in [0.717, 1.165) is 18.5 Å². The monoisotopic (exact) mass is 369 g/mol. The molecule has 0 atom stereocenters. The normalized spacial score (nSPS) is 13.0. The molecule has 0 aliphatic carbocycles. The van der Waals surface area contributed by atoms with E-state index in [1.807, 2.05) is 0 Å². The third kappa shape index (κ3) is 4.96. The molecule has 2 heterocycles. The van der Waals surface area contributed by atoms with Crippen molar-refractivity contribution in [3.63, 3.8) is 0 Å². The van der Waals surface area contributed by atoms with E-state index in [4.69, 9.17) is 0 Å². The fraction of sp³-hybridized carbons (Fsp3) is 0.200. The number of halogens is 4. The Hall–Kier alpha value is -3.08. The van der Waals surface area contributed by atoms with Crippen LogP contribution in [0, 0.1) is 0 Å². The number of aromatic nitrogens is 3. The van der Waals surface area contributed by atoms with Gasteiger partial charge in [-0.2, -0.15) is 13.2 Å². The van der Waals surface area contributed by atoms with Gasteiger partial charge in [0.1, 0.15) is 11.5 Å². The van der Waals surface area contributed by atoms with Crippen LogP contribution < -0.4 is 10.9 Å². The number of nitrogens with one attached hydrogen (secondary N) is 3. The lowest BCUT2D eigenvalue weighted by Crippen LogP contribution is -2.22. The van der Waals surface area contributed by atoms with Gasteiger partial charge in [0.05, 0.1) is 24.6 Å².